The fourth-order valence-corrected chi connectivity index (χ4v) is 8.73. The van der Waals surface area contributed by atoms with E-state index in [0.717, 1.165) is 76.6 Å². The Kier molecular flexibility index (Phi) is 8.19. The normalized spacial score (nSPS) is 20.6. The van der Waals surface area contributed by atoms with Crippen molar-refractivity contribution in [3.8, 4) is 10.4 Å². The van der Waals surface area contributed by atoms with Gasteiger partial charge in [-0.15, -0.1) is 11.3 Å². The Morgan fingerprint density at radius 2 is 2.00 bits per heavy atom. The van der Waals surface area contributed by atoms with Crippen molar-refractivity contribution in [1.29, 1.82) is 0 Å². The minimum atomic E-state index is -2.42. The summed E-state index contributed by atoms with van der Waals surface area (Å²) in [6, 6.07) is 6.18. The number of rotatable bonds is 9. The van der Waals surface area contributed by atoms with E-state index in [1.807, 2.05) is 38.2 Å². The van der Waals surface area contributed by atoms with Crippen molar-refractivity contribution in [2.45, 2.75) is 70.6 Å². The number of anilines is 2. The van der Waals surface area contributed by atoms with Crippen LogP contribution in [0.15, 0.2) is 36.8 Å². The van der Waals surface area contributed by atoms with Gasteiger partial charge in [0.05, 0.1) is 34.4 Å². The van der Waals surface area contributed by atoms with Crippen LogP contribution in [0.5, 0.6) is 0 Å². The molecule has 2 N–H and O–H groups in total. The molecule has 1 aromatic carbocycles. The number of amides is 1. The second-order valence-electron chi connectivity index (χ2n) is 10.4. The van der Waals surface area contributed by atoms with E-state index in [0.29, 0.717) is 5.92 Å². The van der Waals surface area contributed by atoms with Gasteiger partial charge in [-0.2, -0.15) is 5.10 Å². The van der Waals surface area contributed by atoms with Gasteiger partial charge < -0.3 is 19.9 Å². The molecule has 11 heteroatoms. The minimum Gasteiger partial charge on any atom is -0.447 e. The zero-order chi connectivity index (χ0) is 26.7. The van der Waals surface area contributed by atoms with E-state index in [2.05, 4.69) is 15.7 Å². The quantitative estimate of drug-likeness (QED) is 0.300. The third-order valence-electron chi connectivity index (χ3n) is 7.24. The second kappa shape index (κ2) is 11.6. The number of hydrogen-bond donors (Lipinski definition) is 2. The Balaban J connectivity index is 1.30. The number of aromatic nitrogens is 3. The van der Waals surface area contributed by atoms with Crippen LogP contribution in [0.2, 0.25) is 0 Å². The third-order valence-corrected chi connectivity index (χ3v) is 11.8. The number of carbonyl (C=O) groups excluding carboxylic acids is 1. The van der Waals surface area contributed by atoms with E-state index in [1.165, 1.54) is 0 Å². The van der Waals surface area contributed by atoms with Crippen molar-refractivity contribution in [3.05, 3.63) is 41.8 Å². The fraction of sp³-hybridized carbons (Fsp3) is 0.519. The van der Waals surface area contributed by atoms with Gasteiger partial charge in [0.1, 0.15) is 13.8 Å². The van der Waals surface area contributed by atoms with Crippen LogP contribution in [0.1, 0.15) is 56.9 Å². The summed E-state index contributed by atoms with van der Waals surface area (Å²) in [6.45, 7) is 3.45. The summed E-state index contributed by atoms with van der Waals surface area (Å²) in [6.07, 6.45) is 11.1. The predicted octanol–water partition coefficient (Wildman–Crippen LogP) is 6.27. The van der Waals surface area contributed by atoms with Gasteiger partial charge in [0.25, 0.3) is 0 Å². The second-order valence-corrected chi connectivity index (χ2v) is 14.7. The van der Waals surface area contributed by atoms with Crippen LogP contribution in [-0.2, 0) is 15.8 Å². The number of alkyl carbamates (subject to hydrolysis) is 1. The molecule has 8 nitrogen and oxygen atoms in total. The van der Waals surface area contributed by atoms with Crippen molar-refractivity contribution in [3.63, 3.8) is 0 Å². The maximum Gasteiger partial charge on any atom is 0.407 e. The highest BCUT2D eigenvalue weighted by atomic mass is 32.1. The molecule has 0 unspecified atom stereocenters. The summed E-state index contributed by atoms with van der Waals surface area (Å²) < 4.78 is 33.1. The first-order valence-corrected chi connectivity index (χ1v) is 16.2. The monoisotopic (exact) mass is 559 g/mol. The molecule has 2 aliphatic rings. The summed E-state index contributed by atoms with van der Waals surface area (Å²) in [5.74, 6) is 0.359. The maximum atomic E-state index is 13.7. The van der Waals surface area contributed by atoms with Gasteiger partial charge >= 0.3 is 6.09 Å². The number of benzene rings is 1. The van der Waals surface area contributed by atoms with E-state index >= 15 is 0 Å². The van der Waals surface area contributed by atoms with E-state index in [-0.39, 0.29) is 24.8 Å². The molecule has 204 valence electrons. The smallest absolute Gasteiger partial charge is 0.407 e. The molecule has 0 atom stereocenters. The lowest BCUT2D eigenvalue weighted by molar-refractivity contribution is 0.109. The molecule has 3 aromatic rings. The number of halogens is 1. The Morgan fingerprint density at radius 1 is 1.21 bits per heavy atom. The number of hydrogen-bond acceptors (Lipinski definition) is 7. The van der Waals surface area contributed by atoms with Gasteiger partial charge in [-0.3, -0.25) is 4.68 Å². The minimum absolute atomic E-state index is 0.128. The molecule has 1 aliphatic carbocycles. The molecule has 5 rings (SSSR count). The molecular formula is C27H35FN5O3PS. The SMILES string of the molecule is CC(C)OC(=O)NC1CCC(c2ncc(-c3ccc(Nc4cnn(CCF)c4)cc3P3(=O)CCC3)s2)CC1. The predicted molar refractivity (Wildman–Crippen MR) is 150 cm³/mol. The van der Waals surface area contributed by atoms with Crippen molar-refractivity contribution in [2.24, 2.45) is 0 Å². The highest BCUT2D eigenvalue weighted by Gasteiger charge is 2.35. The van der Waals surface area contributed by atoms with Gasteiger partial charge in [0.15, 0.2) is 0 Å². The highest BCUT2D eigenvalue weighted by Crippen LogP contribution is 2.56. The fourth-order valence-electron chi connectivity index (χ4n) is 5.15. The van der Waals surface area contributed by atoms with Crippen LogP contribution in [0.25, 0.3) is 10.4 Å². The third kappa shape index (κ3) is 6.12. The van der Waals surface area contributed by atoms with Crippen LogP contribution < -0.4 is 15.9 Å². The Labute approximate surface area is 226 Å². The lowest BCUT2D eigenvalue weighted by atomic mass is 9.86. The highest BCUT2D eigenvalue weighted by molar-refractivity contribution is 7.73. The number of aryl methyl sites for hydroxylation is 1. The molecule has 1 amide bonds. The summed E-state index contributed by atoms with van der Waals surface area (Å²) >= 11 is 1.69. The Hall–Kier alpha value is -2.71. The number of thiazole rings is 1. The summed E-state index contributed by atoms with van der Waals surface area (Å²) in [5, 5.41) is 12.5. The van der Waals surface area contributed by atoms with Crippen LogP contribution in [0, 0.1) is 0 Å². The number of ether oxygens (including phenoxy) is 1. The first-order chi connectivity index (χ1) is 18.3. The van der Waals surface area contributed by atoms with Gasteiger partial charge in [-0.1, -0.05) is 6.07 Å². The molecule has 0 spiro atoms. The molecule has 1 saturated carbocycles. The molecule has 1 saturated heterocycles. The molecular weight excluding hydrogens is 524 g/mol. The standard InChI is InChI=1S/C27H35FN5O3PS/c1-18(2)36-27(34)32-20-6-4-19(5-7-20)26-29-16-25(38-26)23-9-8-21(14-24(23)37(35)12-3-13-37)31-22-15-30-33(17-22)11-10-28/h8-9,14-20,31H,3-7,10-13H2,1-2H3,(H,32,34). The van der Waals surface area contributed by atoms with Crippen molar-refractivity contribution >= 4 is 41.3 Å². The maximum absolute atomic E-state index is 13.7. The van der Waals surface area contributed by atoms with Gasteiger partial charge in [0.2, 0.25) is 0 Å². The summed E-state index contributed by atoms with van der Waals surface area (Å²) in [7, 11) is -2.42. The average Bonchev–Trinajstić information content (AvgIpc) is 3.53. The zero-order valence-electron chi connectivity index (χ0n) is 21.9. The van der Waals surface area contributed by atoms with Crippen molar-refractivity contribution < 1.29 is 18.5 Å². The molecule has 0 radical (unpaired) electrons. The van der Waals surface area contributed by atoms with Gasteiger partial charge in [-0.25, -0.2) is 14.2 Å². The molecule has 1 aliphatic heterocycles. The van der Waals surface area contributed by atoms with Crippen LogP contribution in [-0.4, -0.2) is 52.0 Å². The Bertz CT molecular complexity index is 1310. The molecule has 0 bridgehead atoms. The number of alkyl halides is 1. The number of carbonyl (C=O) groups is 1. The van der Waals surface area contributed by atoms with E-state index < -0.39 is 13.8 Å². The Morgan fingerprint density at radius 3 is 2.68 bits per heavy atom. The first-order valence-electron chi connectivity index (χ1n) is 13.3. The van der Waals surface area contributed by atoms with Crippen LogP contribution in [0.3, 0.4) is 0 Å². The lowest BCUT2D eigenvalue weighted by Gasteiger charge is -2.29. The summed E-state index contributed by atoms with van der Waals surface area (Å²) in [4.78, 5) is 17.8. The number of nitrogens with zero attached hydrogens (tertiary/aromatic N) is 3. The van der Waals surface area contributed by atoms with Crippen molar-refractivity contribution in [2.75, 3.05) is 24.3 Å². The molecule has 3 heterocycles. The van der Waals surface area contributed by atoms with Crippen molar-refractivity contribution in [1.82, 2.24) is 20.1 Å². The van der Waals surface area contributed by atoms with E-state index in [1.54, 1.807) is 28.4 Å². The van der Waals surface area contributed by atoms with Crippen LogP contribution >= 0.6 is 18.5 Å². The molecule has 2 aromatic heterocycles. The summed E-state index contributed by atoms with van der Waals surface area (Å²) in [5.41, 5.74) is 2.62. The number of nitrogens with one attached hydrogen (secondary N) is 2. The largest absolute Gasteiger partial charge is 0.447 e. The van der Waals surface area contributed by atoms with Crippen LogP contribution in [0.4, 0.5) is 20.6 Å². The van der Waals surface area contributed by atoms with E-state index in [9.17, 15) is 13.8 Å². The average molecular weight is 560 g/mol. The van der Waals surface area contributed by atoms with Gasteiger partial charge in [0, 0.05) is 53.2 Å². The zero-order valence-corrected chi connectivity index (χ0v) is 23.6. The van der Waals surface area contributed by atoms with E-state index in [4.69, 9.17) is 9.72 Å². The molecule has 38 heavy (non-hydrogen) atoms. The first kappa shape index (κ1) is 26.9. The topological polar surface area (TPSA) is 98.1 Å². The van der Waals surface area contributed by atoms with Gasteiger partial charge in [-0.05, 0) is 58.1 Å². The molecule has 2 fully saturated rings. The lowest BCUT2D eigenvalue weighted by Crippen LogP contribution is -2.38.